The van der Waals surface area contributed by atoms with Gasteiger partial charge in [0.1, 0.15) is 0 Å². The Bertz CT molecular complexity index is 319. The molecule has 0 spiro atoms. The number of nitrogens with one attached hydrogen (secondary N) is 1. The first-order valence-electron chi connectivity index (χ1n) is 4.97. The first-order valence-corrected chi connectivity index (χ1v) is 6.19. The summed E-state index contributed by atoms with van der Waals surface area (Å²) < 4.78 is 0. The van der Waals surface area contributed by atoms with Gasteiger partial charge in [-0.2, -0.15) is 0 Å². The van der Waals surface area contributed by atoms with Gasteiger partial charge < -0.3 is 11.1 Å². The maximum absolute atomic E-state index is 5.70. The third kappa shape index (κ3) is 4.25. The van der Waals surface area contributed by atoms with Crippen LogP contribution in [0.4, 0.5) is 5.69 Å². The highest BCUT2D eigenvalue weighted by Gasteiger charge is 1.94. The average Bonchev–Trinajstić information content (AvgIpc) is 2.27. The number of nitrogens with zero attached hydrogens (tertiary/aromatic N) is 1. The Hall–Kier alpha value is -1.16. The van der Waals surface area contributed by atoms with Gasteiger partial charge in [-0.15, -0.1) is 11.8 Å². The predicted octanol–water partition coefficient (Wildman–Crippen LogP) is 2.55. The highest BCUT2D eigenvalue weighted by Crippen LogP contribution is 2.17. The number of guanidine groups is 1. The number of anilines is 1. The minimum atomic E-state index is 0.480. The Kier molecular flexibility index (Phi) is 5.04. The number of hydrogen-bond donors (Lipinski definition) is 2. The van der Waals surface area contributed by atoms with E-state index >= 15 is 0 Å². The summed E-state index contributed by atoms with van der Waals surface area (Å²) in [5.41, 5.74) is 6.67. The van der Waals surface area contributed by atoms with Crippen LogP contribution in [-0.2, 0) is 0 Å². The molecule has 3 nitrogen and oxygen atoms in total. The second-order valence-corrected chi connectivity index (χ2v) is 4.00. The smallest absolute Gasteiger partial charge is 0.193 e. The Morgan fingerprint density at radius 2 is 2.07 bits per heavy atom. The quantitative estimate of drug-likeness (QED) is 0.468. The molecule has 3 N–H and O–H groups in total. The Morgan fingerprint density at radius 3 is 2.60 bits per heavy atom. The van der Waals surface area contributed by atoms with Crippen molar-refractivity contribution in [3.05, 3.63) is 24.3 Å². The molecule has 4 heteroatoms. The lowest BCUT2D eigenvalue weighted by Gasteiger charge is -2.05. The molecule has 0 aliphatic rings. The topological polar surface area (TPSA) is 50.4 Å². The van der Waals surface area contributed by atoms with Crippen LogP contribution < -0.4 is 11.1 Å². The SMILES string of the molecule is CCCN=C(N)Nc1ccc(SC)cc1. The molecule has 0 amide bonds. The summed E-state index contributed by atoms with van der Waals surface area (Å²) >= 11 is 1.72. The summed E-state index contributed by atoms with van der Waals surface area (Å²) in [4.78, 5) is 5.40. The molecule has 1 rings (SSSR count). The van der Waals surface area contributed by atoms with E-state index < -0.39 is 0 Å². The van der Waals surface area contributed by atoms with E-state index in [1.54, 1.807) is 11.8 Å². The molecule has 0 atom stereocenters. The second kappa shape index (κ2) is 6.35. The number of thioether (sulfide) groups is 1. The minimum Gasteiger partial charge on any atom is -0.370 e. The molecule has 0 heterocycles. The van der Waals surface area contributed by atoms with Crippen LogP contribution in [0.25, 0.3) is 0 Å². The molecule has 1 aromatic carbocycles. The van der Waals surface area contributed by atoms with Crippen molar-refractivity contribution < 1.29 is 0 Å². The Balaban J connectivity index is 2.57. The van der Waals surface area contributed by atoms with Gasteiger partial charge in [-0.3, -0.25) is 4.99 Å². The lowest BCUT2D eigenvalue weighted by atomic mass is 10.3. The van der Waals surface area contributed by atoms with Crippen molar-refractivity contribution in [2.24, 2.45) is 10.7 Å². The van der Waals surface area contributed by atoms with Gasteiger partial charge in [0, 0.05) is 17.1 Å². The standard InChI is InChI=1S/C11H17N3S/c1-3-8-13-11(12)14-9-4-6-10(15-2)7-5-9/h4-7H,3,8H2,1-2H3,(H3,12,13,14). The number of benzene rings is 1. The van der Waals surface area contributed by atoms with E-state index in [0.717, 1.165) is 18.7 Å². The molecule has 0 unspecified atom stereocenters. The fourth-order valence-electron chi connectivity index (χ4n) is 1.09. The van der Waals surface area contributed by atoms with Gasteiger partial charge >= 0.3 is 0 Å². The van der Waals surface area contributed by atoms with Crippen LogP contribution in [0.15, 0.2) is 34.2 Å². The summed E-state index contributed by atoms with van der Waals surface area (Å²) in [6.07, 6.45) is 3.06. The molecule has 82 valence electrons. The lowest BCUT2D eigenvalue weighted by molar-refractivity contribution is 0.929. The highest BCUT2D eigenvalue weighted by molar-refractivity contribution is 7.98. The highest BCUT2D eigenvalue weighted by atomic mass is 32.2. The molecule has 0 aliphatic heterocycles. The molecular weight excluding hydrogens is 206 g/mol. The van der Waals surface area contributed by atoms with E-state index in [0.29, 0.717) is 5.96 Å². The van der Waals surface area contributed by atoms with Crippen LogP contribution in [0.3, 0.4) is 0 Å². The van der Waals surface area contributed by atoms with Gasteiger partial charge in [0.15, 0.2) is 5.96 Å². The number of nitrogens with two attached hydrogens (primary N) is 1. The zero-order valence-corrected chi connectivity index (χ0v) is 9.97. The number of hydrogen-bond acceptors (Lipinski definition) is 2. The van der Waals surface area contributed by atoms with Crippen molar-refractivity contribution in [3.8, 4) is 0 Å². The average molecular weight is 223 g/mol. The van der Waals surface area contributed by atoms with E-state index in [4.69, 9.17) is 5.73 Å². The fourth-order valence-corrected chi connectivity index (χ4v) is 1.50. The molecule has 0 saturated carbocycles. The minimum absolute atomic E-state index is 0.480. The van der Waals surface area contributed by atoms with Crippen molar-refractivity contribution in [1.82, 2.24) is 0 Å². The zero-order valence-electron chi connectivity index (χ0n) is 9.16. The van der Waals surface area contributed by atoms with Crippen LogP contribution in [0.1, 0.15) is 13.3 Å². The van der Waals surface area contributed by atoms with E-state index in [9.17, 15) is 0 Å². The maximum atomic E-state index is 5.70. The third-order valence-electron chi connectivity index (χ3n) is 1.87. The molecule has 1 aromatic rings. The van der Waals surface area contributed by atoms with Gasteiger partial charge in [0.05, 0.1) is 0 Å². The van der Waals surface area contributed by atoms with Crippen molar-refractivity contribution >= 4 is 23.4 Å². The zero-order chi connectivity index (χ0) is 11.1. The largest absolute Gasteiger partial charge is 0.370 e. The summed E-state index contributed by atoms with van der Waals surface area (Å²) in [6.45, 7) is 2.84. The maximum Gasteiger partial charge on any atom is 0.193 e. The van der Waals surface area contributed by atoms with Gasteiger partial charge in [-0.1, -0.05) is 6.92 Å². The Labute approximate surface area is 95.2 Å². The monoisotopic (exact) mass is 223 g/mol. The molecule has 0 saturated heterocycles. The first kappa shape index (κ1) is 11.9. The molecule has 0 radical (unpaired) electrons. The van der Waals surface area contributed by atoms with Crippen LogP contribution in [0.5, 0.6) is 0 Å². The van der Waals surface area contributed by atoms with E-state index in [-0.39, 0.29) is 0 Å². The van der Waals surface area contributed by atoms with Gasteiger partial charge in [-0.05, 0) is 36.9 Å². The summed E-state index contributed by atoms with van der Waals surface area (Å²) in [6, 6.07) is 8.11. The summed E-state index contributed by atoms with van der Waals surface area (Å²) in [5, 5.41) is 3.05. The van der Waals surface area contributed by atoms with E-state index in [1.807, 2.05) is 12.1 Å². The second-order valence-electron chi connectivity index (χ2n) is 3.12. The normalized spacial score (nSPS) is 11.5. The van der Waals surface area contributed by atoms with Crippen LogP contribution in [0, 0.1) is 0 Å². The number of aliphatic imine (C=N–C) groups is 1. The molecular formula is C11H17N3S. The lowest BCUT2D eigenvalue weighted by Crippen LogP contribution is -2.22. The Morgan fingerprint density at radius 1 is 1.40 bits per heavy atom. The molecule has 0 aromatic heterocycles. The summed E-state index contributed by atoms with van der Waals surface area (Å²) in [5.74, 6) is 0.480. The van der Waals surface area contributed by atoms with Crippen LogP contribution in [-0.4, -0.2) is 18.8 Å². The predicted molar refractivity (Wildman–Crippen MR) is 68.6 cm³/mol. The van der Waals surface area contributed by atoms with Crippen LogP contribution in [0.2, 0.25) is 0 Å². The molecule has 0 fully saturated rings. The van der Waals surface area contributed by atoms with Crippen molar-refractivity contribution in [3.63, 3.8) is 0 Å². The van der Waals surface area contributed by atoms with Gasteiger partial charge in [0.25, 0.3) is 0 Å². The molecule has 0 aliphatic carbocycles. The van der Waals surface area contributed by atoms with Gasteiger partial charge in [-0.25, -0.2) is 0 Å². The van der Waals surface area contributed by atoms with Gasteiger partial charge in [0.2, 0.25) is 0 Å². The third-order valence-corrected chi connectivity index (χ3v) is 2.61. The van der Waals surface area contributed by atoms with Crippen LogP contribution >= 0.6 is 11.8 Å². The number of rotatable bonds is 4. The van der Waals surface area contributed by atoms with E-state index in [1.165, 1.54) is 4.90 Å². The van der Waals surface area contributed by atoms with Crippen molar-refractivity contribution in [1.29, 1.82) is 0 Å². The molecule has 0 bridgehead atoms. The fraction of sp³-hybridized carbons (Fsp3) is 0.364. The van der Waals surface area contributed by atoms with Crippen molar-refractivity contribution in [2.75, 3.05) is 18.1 Å². The summed E-state index contributed by atoms with van der Waals surface area (Å²) in [7, 11) is 0. The van der Waals surface area contributed by atoms with Crippen molar-refractivity contribution in [2.45, 2.75) is 18.2 Å². The first-order chi connectivity index (χ1) is 7.26. The van der Waals surface area contributed by atoms with E-state index in [2.05, 4.69) is 35.6 Å². The molecule has 15 heavy (non-hydrogen) atoms.